The number of hydrogen-bond donors (Lipinski definition) is 1. The van der Waals surface area contributed by atoms with E-state index in [0.717, 1.165) is 36.5 Å². The van der Waals surface area contributed by atoms with Crippen molar-refractivity contribution in [2.45, 2.75) is 19.8 Å². The van der Waals surface area contributed by atoms with E-state index in [-0.39, 0.29) is 11.8 Å². The van der Waals surface area contributed by atoms with Gasteiger partial charge in [0, 0.05) is 18.7 Å². The Bertz CT molecular complexity index is 1050. The Morgan fingerprint density at radius 1 is 1.06 bits per heavy atom. The first-order valence-corrected chi connectivity index (χ1v) is 11.3. The summed E-state index contributed by atoms with van der Waals surface area (Å²) < 4.78 is 11.0. The van der Waals surface area contributed by atoms with Gasteiger partial charge in [-0.15, -0.1) is 10.2 Å². The first-order valence-electron chi connectivity index (χ1n) is 11.3. The number of ether oxygens (including phenoxy) is 2. The summed E-state index contributed by atoms with van der Waals surface area (Å²) in [5, 5.41) is 11.8. The van der Waals surface area contributed by atoms with Gasteiger partial charge in [0.05, 0.1) is 25.3 Å². The summed E-state index contributed by atoms with van der Waals surface area (Å²) in [6.45, 7) is 4.40. The lowest BCUT2D eigenvalue weighted by atomic mass is 9.97. The van der Waals surface area contributed by atoms with E-state index >= 15 is 0 Å². The molecule has 0 bridgehead atoms. The minimum Gasteiger partial charge on any atom is -0.493 e. The van der Waals surface area contributed by atoms with Crippen LogP contribution < -0.4 is 19.7 Å². The zero-order valence-corrected chi connectivity index (χ0v) is 19.2. The number of aromatic nitrogens is 2. The second-order valence-electron chi connectivity index (χ2n) is 8.22. The van der Waals surface area contributed by atoms with Gasteiger partial charge in [-0.1, -0.05) is 42.0 Å². The highest BCUT2D eigenvalue weighted by atomic mass is 16.5. The number of para-hydroxylation sites is 2. The fourth-order valence-corrected chi connectivity index (χ4v) is 3.99. The van der Waals surface area contributed by atoms with Crippen LogP contribution >= 0.6 is 0 Å². The third-order valence-electron chi connectivity index (χ3n) is 5.84. The lowest BCUT2D eigenvalue weighted by Crippen LogP contribution is -2.44. The molecule has 0 radical (unpaired) electrons. The van der Waals surface area contributed by atoms with Crippen molar-refractivity contribution < 1.29 is 14.3 Å². The third kappa shape index (κ3) is 5.80. The lowest BCUT2D eigenvalue weighted by molar-refractivity contribution is -0.125. The van der Waals surface area contributed by atoms with Gasteiger partial charge in [-0.05, 0) is 44.0 Å². The molecule has 1 saturated heterocycles. The van der Waals surface area contributed by atoms with Crippen molar-refractivity contribution in [3.05, 3.63) is 66.2 Å². The normalized spacial score (nSPS) is 15.7. The van der Waals surface area contributed by atoms with Crippen LogP contribution in [-0.2, 0) is 4.79 Å². The Kier molecular flexibility index (Phi) is 7.40. The number of aryl methyl sites for hydroxylation is 1. The molecule has 7 nitrogen and oxygen atoms in total. The maximum absolute atomic E-state index is 12.7. The summed E-state index contributed by atoms with van der Waals surface area (Å²) in [5.74, 6) is 2.13. The minimum absolute atomic E-state index is 0.0487. The Morgan fingerprint density at radius 3 is 2.58 bits per heavy atom. The van der Waals surface area contributed by atoms with Crippen molar-refractivity contribution in [2.24, 2.45) is 5.92 Å². The molecule has 33 heavy (non-hydrogen) atoms. The van der Waals surface area contributed by atoms with Gasteiger partial charge in [0.25, 0.3) is 0 Å². The molecule has 0 aliphatic carbocycles. The smallest absolute Gasteiger partial charge is 0.225 e. The Morgan fingerprint density at radius 2 is 1.85 bits per heavy atom. The first kappa shape index (κ1) is 22.6. The molecule has 1 aromatic heterocycles. The summed E-state index contributed by atoms with van der Waals surface area (Å²) in [7, 11) is 1.61. The van der Waals surface area contributed by atoms with E-state index in [1.807, 2.05) is 36.4 Å². The van der Waals surface area contributed by atoms with Gasteiger partial charge >= 0.3 is 0 Å². The molecule has 7 heteroatoms. The SMILES string of the molecule is COc1ccccc1OCCNC(=O)C1CCCN(c2ccc(-c3ccc(C)cc3)nn2)C1. The van der Waals surface area contributed by atoms with Gasteiger partial charge in [-0.3, -0.25) is 4.79 Å². The zero-order chi connectivity index (χ0) is 23.0. The van der Waals surface area contributed by atoms with Crippen molar-refractivity contribution >= 4 is 11.7 Å². The van der Waals surface area contributed by atoms with Gasteiger partial charge in [0.1, 0.15) is 6.61 Å². The van der Waals surface area contributed by atoms with Crippen LogP contribution in [0, 0.1) is 12.8 Å². The number of nitrogens with zero attached hydrogens (tertiary/aromatic N) is 3. The Hall–Kier alpha value is -3.61. The van der Waals surface area contributed by atoms with E-state index in [2.05, 4.69) is 51.6 Å². The van der Waals surface area contributed by atoms with E-state index in [9.17, 15) is 4.79 Å². The molecule has 1 fully saturated rings. The summed E-state index contributed by atoms with van der Waals surface area (Å²) in [6.07, 6.45) is 1.81. The van der Waals surface area contributed by atoms with Crippen molar-refractivity contribution in [1.29, 1.82) is 0 Å². The number of carbonyl (C=O) groups is 1. The molecule has 1 N–H and O–H groups in total. The molecule has 3 aromatic rings. The number of nitrogens with one attached hydrogen (secondary N) is 1. The lowest BCUT2D eigenvalue weighted by Gasteiger charge is -2.32. The molecule has 1 atom stereocenters. The van der Waals surface area contributed by atoms with Crippen LogP contribution in [0.15, 0.2) is 60.7 Å². The summed E-state index contributed by atoms with van der Waals surface area (Å²) in [5.41, 5.74) is 3.11. The van der Waals surface area contributed by atoms with Crippen LogP contribution in [0.4, 0.5) is 5.82 Å². The highest BCUT2D eigenvalue weighted by Gasteiger charge is 2.26. The second kappa shape index (κ2) is 10.8. The van der Waals surface area contributed by atoms with E-state index in [4.69, 9.17) is 9.47 Å². The van der Waals surface area contributed by atoms with Crippen molar-refractivity contribution in [3.63, 3.8) is 0 Å². The van der Waals surface area contributed by atoms with Gasteiger partial charge in [0.2, 0.25) is 5.91 Å². The molecule has 0 saturated carbocycles. The molecule has 4 rings (SSSR count). The summed E-state index contributed by atoms with van der Waals surface area (Å²) >= 11 is 0. The van der Waals surface area contributed by atoms with Crippen LogP contribution in [0.3, 0.4) is 0 Å². The molecule has 0 spiro atoms. The van der Waals surface area contributed by atoms with Crippen LogP contribution in [0.1, 0.15) is 18.4 Å². The third-order valence-corrected chi connectivity index (χ3v) is 5.84. The zero-order valence-electron chi connectivity index (χ0n) is 19.2. The number of piperidine rings is 1. The Labute approximate surface area is 194 Å². The monoisotopic (exact) mass is 446 g/mol. The largest absolute Gasteiger partial charge is 0.493 e. The van der Waals surface area contributed by atoms with E-state index in [1.165, 1.54) is 5.56 Å². The molecule has 1 aliphatic heterocycles. The average Bonchev–Trinajstić information content (AvgIpc) is 2.87. The topological polar surface area (TPSA) is 76.6 Å². The first-order chi connectivity index (χ1) is 16.1. The van der Waals surface area contributed by atoms with Crippen molar-refractivity contribution in [1.82, 2.24) is 15.5 Å². The number of rotatable bonds is 8. The highest BCUT2D eigenvalue weighted by molar-refractivity contribution is 5.79. The fraction of sp³-hybridized carbons (Fsp3) is 0.346. The predicted octanol–water partition coefficient (Wildman–Crippen LogP) is 3.87. The number of anilines is 1. The summed E-state index contributed by atoms with van der Waals surface area (Å²) in [4.78, 5) is 14.9. The maximum atomic E-state index is 12.7. The van der Waals surface area contributed by atoms with Crippen molar-refractivity contribution in [3.8, 4) is 22.8 Å². The van der Waals surface area contributed by atoms with E-state index in [1.54, 1.807) is 7.11 Å². The van der Waals surface area contributed by atoms with E-state index < -0.39 is 0 Å². The van der Waals surface area contributed by atoms with Crippen LogP contribution in [0.5, 0.6) is 11.5 Å². The molecule has 2 heterocycles. The average molecular weight is 447 g/mol. The predicted molar refractivity (Wildman–Crippen MR) is 129 cm³/mol. The highest BCUT2D eigenvalue weighted by Crippen LogP contribution is 2.26. The molecular formula is C26H30N4O3. The standard InChI is InChI=1S/C26H30N4O3/c1-19-9-11-20(12-10-19)22-13-14-25(29-28-22)30-16-5-6-21(18-30)26(31)27-15-17-33-24-8-4-3-7-23(24)32-2/h3-4,7-14,21H,5-6,15-18H2,1-2H3,(H,27,31). The molecule has 172 valence electrons. The van der Waals surface area contributed by atoms with Gasteiger partial charge in [0.15, 0.2) is 17.3 Å². The maximum Gasteiger partial charge on any atom is 0.225 e. The number of carbonyl (C=O) groups excluding carboxylic acids is 1. The van der Waals surface area contributed by atoms with Crippen LogP contribution in [0.2, 0.25) is 0 Å². The molecule has 1 unspecified atom stereocenters. The van der Waals surface area contributed by atoms with Gasteiger partial charge in [-0.25, -0.2) is 0 Å². The number of benzene rings is 2. The summed E-state index contributed by atoms with van der Waals surface area (Å²) in [6, 6.07) is 19.7. The number of methoxy groups -OCH3 is 1. The molecule has 2 aromatic carbocycles. The number of amides is 1. The molecule has 1 amide bonds. The van der Waals surface area contributed by atoms with E-state index in [0.29, 0.717) is 31.2 Å². The van der Waals surface area contributed by atoms with Gasteiger partial charge < -0.3 is 19.7 Å². The van der Waals surface area contributed by atoms with Gasteiger partial charge in [-0.2, -0.15) is 0 Å². The molecule has 1 aliphatic rings. The van der Waals surface area contributed by atoms with Crippen molar-refractivity contribution in [2.75, 3.05) is 38.3 Å². The minimum atomic E-state index is -0.0800. The Balaban J connectivity index is 1.28. The van der Waals surface area contributed by atoms with Crippen LogP contribution in [-0.4, -0.2) is 49.5 Å². The number of hydrogen-bond acceptors (Lipinski definition) is 6. The quantitative estimate of drug-likeness (QED) is 0.530. The second-order valence-corrected chi connectivity index (χ2v) is 8.22. The van der Waals surface area contributed by atoms with Crippen LogP contribution in [0.25, 0.3) is 11.3 Å². The molecular weight excluding hydrogens is 416 g/mol. The fourth-order valence-electron chi connectivity index (χ4n) is 3.99.